The van der Waals surface area contributed by atoms with Gasteiger partial charge in [-0.15, -0.1) is 0 Å². The minimum atomic E-state index is -4.52. The molecule has 0 rings (SSSR count). The van der Waals surface area contributed by atoms with Crippen molar-refractivity contribution in [2.45, 2.75) is 32.1 Å². The molecule has 0 aliphatic carbocycles. The summed E-state index contributed by atoms with van der Waals surface area (Å²) in [5.74, 6) is -3.40. The average Bonchev–Trinajstić information content (AvgIpc) is 2.03. The standard InChI is InChI=1S/C7H15F2NO3S/c1-6(2)10(4-3-5-11)14(12,13)7(8)9/h6-7,11H,3-5H2,1-2H3. The Morgan fingerprint density at radius 3 is 2.14 bits per heavy atom. The smallest absolute Gasteiger partial charge is 0.350 e. The third kappa shape index (κ3) is 3.47. The van der Waals surface area contributed by atoms with Crippen LogP contribution in [0.3, 0.4) is 0 Å². The van der Waals surface area contributed by atoms with Crippen molar-refractivity contribution >= 4 is 10.0 Å². The lowest BCUT2D eigenvalue weighted by Crippen LogP contribution is -2.41. The van der Waals surface area contributed by atoms with Crippen molar-refractivity contribution in [3.05, 3.63) is 0 Å². The van der Waals surface area contributed by atoms with Crippen LogP contribution >= 0.6 is 0 Å². The van der Waals surface area contributed by atoms with Gasteiger partial charge in [-0.2, -0.15) is 13.1 Å². The van der Waals surface area contributed by atoms with Gasteiger partial charge in [-0.25, -0.2) is 8.42 Å². The first-order valence-electron chi connectivity index (χ1n) is 4.23. The molecule has 0 heterocycles. The molecule has 0 bridgehead atoms. The van der Waals surface area contributed by atoms with Crippen LogP contribution in [0.2, 0.25) is 0 Å². The summed E-state index contributed by atoms with van der Waals surface area (Å²) in [6.07, 6.45) is 0.157. The van der Waals surface area contributed by atoms with Gasteiger partial charge in [-0.3, -0.25) is 0 Å². The summed E-state index contributed by atoms with van der Waals surface area (Å²) in [6, 6.07) is -0.527. The molecule has 0 spiro atoms. The highest BCUT2D eigenvalue weighted by molar-refractivity contribution is 7.89. The van der Waals surface area contributed by atoms with Crippen LogP contribution in [0, 0.1) is 0 Å². The fraction of sp³-hybridized carbons (Fsp3) is 1.00. The van der Waals surface area contributed by atoms with E-state index in [1.54, 1.807) is 0 Å². The maximum Gasteiger partial charge on any atom is 0.350 e. The zero-order chi connectivity index (χ0) is 11.4. The first kappa shape index (κ1) is 13.7. The van der Waals surface area contributed by atoms with Crippen LogP contribution in [-0.4, -0.2) is 42.8 Å². The summed E-state index contributed by atoms with van der Waals surface area (Å²) in [4.78, 5) is 0. The number of sulfonamides is 1. The molecule has 4 nitrogen and oxygen atoms in total. The van der Waals surface area contributed by atoms with Gasteiger partial charge >= 0.3 is 5.76 Å². The van der Waals surface area contributed by atoms with E-state index in [2.05, 4.69) is 0 Å². The second kappa shape index (κ2) is 5.57. The Hall–Kier alpha value is -0.270. The van der Waals surface area contributed by atoms with Crippen molar-refractivity contribution in [1.82, 2.24) is 4.31 Å². The number of hydrogen-bond acceptors (Lipinski definition) is 3. The van der Waals surface area contributed by atoms with Crippen LogP contribution in [0.5, 0.6) is 0 Å². The topological polar surface area (TPSA) is 57.6 Å². The number of aliphatic hydroxyl groups is 1. The van der Waals surface area contributed by atoms with Crippen LogP contribution in [0.25, 0.3) is 0 Å². The molecule has 0 amide bonds. The van der Waals surface area contributed by atoms with Crippen molar-refractivity contribution < 1.29 is 22.3 Å². The number of rotatable bonds is 6. The van der Waals surface area contributed by atoms with E-state index in [9.17, 15) is 17.2 Å². The highest BCUT2D eigenvalue weighted by atomic mass is 32.2. The summed E-state index contributed by atoms with van der Waals surface area (Å²) in [5, 5.41) is 8.49. The summed E-state index contributed by atoms with van der Waals surface area (Å²) < 4.78 is 47.2. The molecule has 0 aromatic carbocycles. The number of alkyl halides is 2. The molecule has 0 aromatic heterocycles. The molecule has 0 fully saturated rings. The van der Waals surface area contributed by atoms with Gasteiger partial charge in [0.2, 0.25) is 0 Å². The monoisotopic (exact) mass is 231 g/mol. The third-order valence-corrected chi connectivity index (χ3v) is 3.37. The summed E-state index contributed by atoms with van der Waals surface area (Å²) >= 11 is 0. The van der Waals surface area contributed by atoms with Crippen molar-refractivity contribution in [3.8, 4) is 0 Å². The van der Waals surface area contributed by atoms with Gasteiger partial charge in [-0.05, 0) is 20.3 Å². The Labute approximate surface area is 82.6 Å². The molecule has 0 aromatic rings. The fourth-order valence-corrected chi connectivity index (χ4v) is 2.18. The summed E-state index contributed by atoms with van der Waals surface area (Å²) in [6.45, 7) is 2.72. The van der Waals surface area contributed by atoms with Crippen molar-refractivity contribution in [2.75, 3.05) is 13.2 Å². The van der Waals surface area contributed by atoms with E-state index < -0.39 is 21.8 Å². The van der Waals surface area contributed by atoms with Crippen LogP contribution in [0.4, 0.5) is 8.78 Å². The molecular weight excluding hydrogens is 216 g/mol. The second-order valence-corrected chi connectivity index (χ2v) is 4.94. The van der Waals surface area contributed by atoms with E-state index in [0.29, 0.717) is 4.31 Å². The van der Waals surface area contributed by atoms with Gasteiger partial charge in [0.1, 0.15) is 0 Å². The van der Waals surface area contributed by atoms with Gasteiger partial charge in [-0.1, -0.05) is 0 Å². The molecule has 0 unspecified atom stereocenters. The van der Waals surface area contributed by atoms with Crippen LogP contribution < -0.4 is 0 Å². The molecule has 0 aliphatic rings. The summed E-state index contributed by atoms with van der Waals surface area (Å²) in [5.41, 5.74) is 0. The Balaban J connectivity index is 4.65. The molecule has 0 radical (unpaired) electrons. The zero-order valence-electron chi connectivity index (χ0n) is 8.15. The molecule has 14 heavy (non-hydrogen) atoms. The second-order valence-electron chi connectivity index (χ2n) is 3.09. The van der Waals surface area contributed by atoms with Gasteiger partial charge in [0.15, 0.2) is 0 Å². The molecule has 0 aliphatic heterocycles. The van der Waals surface area contributed by atoms with Gasteiger partial charge in [0.05, 0.1) is 0 Å². The lowest BCUT2D eigenvalue weighted by atomic mass is 10.3. The first-order valence-corrected chi connectivity index (χ1v) is 5.74. The Morgan fingerprint density at radius 2 is 1.86 bits per heavy atom. The zero-order valence-corrected chi connectivity index (χ0v) is 8.97. The van der Waals surface area contributed by atoms with E-state index in [1.165, 1.54) is 13.8 Å². The predicted molar refractivity (Wildman–Crippen MR) is 48.5 cm³/mol. The van der Waals surface area contributed by atoms with E-state index in [-0.39, 0.29) is 19.6 Å². The minimum absolute atomic E-state index is 0.0825. The fourth-order valence-electron chi connectivity index (χ4n) is 1.01. The van der Waals surface area contributed by atoms with Gasteiger partial charge < -0.3 is 5.11 Å². The predicted octanol–water partition coefficient (Wildman–Crippen LogP) is 0.632. The minimum Gasteiger partial charge on any atom is -0.396 e. The molecule has 1 N–H and O–H groups in total. The number of halogens is 2. The van der Waals surface area contributed by atoms with Crippen LogP contribution in [0.1, 0.15) is 20.3 Å². The Bertz CT molecular complexity index is 254. The molecule has 0 saturated heterocycles. The van der Waals surface area contributed by atoms with E-state index in [0.717, 1.165) is 0 Å². The third-order valence-electron chi connectivity index (χ3n) is 1.66. The van der Waals surface area contributed by atoms with Crippen molar-refractivity contribution in [1.29, 1.82) is 0 Å². The quantitative estimate of drug-likeness (QED) is 0.729. The number of nitrogens with zero attached hydrogens (tertiary/aromatic N) is 1. The largest absolute Gasteiger partial charge is 0.396 e. The lowest BCUT2D eigenvalue weighted by molar-refractivity contribution is 0.205. The molecule has 0 saturated carbocycles. The molecule has 0 atom stereocenters. The first-order chi connectivity index (χ1) is 6.34. The average molecular weight is 231 g/mol. The number of hydrogen-bond donors (Lipinski definition) is 1. The maximum atomic E-state index is 12.2. The molecular formula is C7H15F2NO3S. The highest BCUT2D eigenvalue weighted by Gasteiger charge is 2.33. The lowest BCUT2D eigenvalue weighted by Gasteiger charge is -2.24. The van der Waals surface area contributed by atoms with Crippen molar-refractivity contribution in [3.63, 3.8) is 0 Å². The highest BCUT2D eigenvalue weighted by Crippen LogP contribution is 2.15. The SMILES string of the molecule is CC(C)N(CCCO)S(=O)(=O)C(F)F. The maximum absolute atomic E-state index is 12.2. The molecule has 86 valence electrons. The number of aliphatic hydroxyl groups excluding tert-OH is 1. The van der Waals surface area contributed by atoms with Gasteiger partial charge in [0.25, 0.3) is 10.0 Å². The Morgan fingerprint density at radius 1 is 1.36 bits per heavy atom. The summed E-state index contributed by atoms with van der Waals surface area (Å²) in [7, 11) is -4.52. The van der Waals surface area contributed by atoms with Crippen LogP contribution in [-0.2, 0) is 10.0 Å². The normalized spacial score (nSPS) is 13.1. The van der Waals surface area contributed by atoms with Gasteiger partial charge in [0, 0.05) is 19.2 Å². The van der Waals surface area contributed by atoms with Crippen LogP contribution in [0.15, 0.2) is 0 Å². The molecule has 7 heteroatoms. The van der Waals surface area contributed by atoms with E-state index >= 15 is 0 Å². The van der Waals surface area contributed by atoms with Crippen molar-refractivity contribution in [2.24, 2.45) is 0 Å². The van der Waals surface area contributed by atoms with E-state index in [1.807, 2.05) is 0 Å². The Kier molecular flexibility index (Phi) is 5.46. The van der Waals surface area contributed by atoms with E-state index in [4.69, 9.17) is 5.11 Å².